The zero-order valence-corrected chi connectivity index (χ0v) is 23.8. The van der Waals surface area contributed by atoms with E-state index in [1.807, 2.05) is 13.1 Å². The molecule has 41 heavy (non-hydrogen) atoms. The number of likely N-dealkylation sites (tertiary alicyclic amines) is 1. The quantitative estimate of drug-likeness (QED) is 0.285. The summed E-state index contributed by atoms with van der Waals surface area (Å²) in [5.41, 5.74) is 9.07. The SMILES string of the molecule is CN1CCC(OC(=O)N=C(N)c2cccc(CN(C)C(=O)Nc3ccc(-c4ccccc4S(N)(=O)=O)cc3)c2)CC1. The van der Waals surface area contributed by atoms with E-state index >= 15 is 0 Å². The van der Waals surface area contributed by atoms with Crippen molar-refractivity contribution in [2.75, 3.05) is 32.5 Å². The second-order valence-corrected chi connectivity index (χ2v) is 11.5. The van der Waals surface area contributed by atoms with Crippen LogP contribution < -0.4 is 16.2 Å². The van der Waals surface area contributed by atoms with Gasteiger partial charge in [-0.15, -0.1) is 0 Å². The summed E-state index contributed by atoms with van der Waals surface area (Å²) >= 11 is 0. The number of nitrogens with two attached hydrogens (primary N) is 2. The van der Waals surface area contributed by atoms with Gasteiger partial charge in [0.1, 0.15) is 11.9 Å². The third-order valence-electron chi connectivity index (χ3n) is 6.77. The van der Waals surface area contributed by atoms with Crippen LogP contribution >= 0.6 is 0 Å². The summed E-state index contributed by atoms with van der Waals surface area (Å²) in [6.45, 7) is 2.00. The predicted octanol–water partition coefficient (Wildman–Crippen LogP) is 3.60. The van der Waals surface area contributed by atoms with Crippen LogP contribution in [0.25, 0.3) is 11.1 Å². The number of nitrogens with zero attached hydrogens (tertiary/aromatic N) is 3. The molecule has 11 nitrogen and oxygen atoms in total. The molecule has 5 N–H and O–H groups in total. The third kappa shape index (κ3) is 8.13. The van der Waals surface area contributed by atoms with Gasteiger partial charge in [-0.2, -0.15) is 4.99 Å². The van der Waals surface area contributed by atoms with Crippen molar-refractivity contribution < 1.29 is 22.7 Å². The Kier molecular flexibility index (Phi) is 9.38. The van der Waals surface area contributed by atoms with Crippen LogP contribution in [-0.4, -0.2) is 69.5 Å². The van der Waals surface area contributed by atoms with E-state index in [9.17, 15) is 18.0 Å². The molecule has 0 radical (unpaired) electrons. The number of carbonyl (C=O) groups is 2. The number of urea groups is 1. The van der Waals surface area contributed by atoms with Crippen molar-refractivity contribution >= 4 is 33.7 Å². The second-order valence-electron chi connectivity index (χ2n) is 9.99. The molecule has 0 bridgehead atoms. The number of anilines is 1. The molecule has 0 saturated carbocycles. The van der Waals surface area contributed by atoms with E-state index in [2.05, 4.69) is 15.2 Å². The maximum atomic E-state index is 12.8. The molecule has 3 aromatic rings. The van der Waals surface area contributed by atoms with Gasteiger partial charge in [0.05, 0.1) is 4.90 Å². The minimum Gasteiger partial charge on any atom is -0.444 e. The zero-order valence-electron chi connectivity index (χ0n) is 23.0. The fourth-order valence-electron chi connectivity index (χ4n) is 4.51. The van der Waals surface area contributed by atoms with Gasteiger partial charge in [0.15, 0.2) is 0 Å². The maximum Gasteiger partial charge on any atom is 0.435 e. The number of aliphatic imine (C=N–C) groups is 1. The highest BCUT2D eigenvalue weighted by molar-refractivity contribution is 7.89. The van der Waals surface area contributed by atoms with Crippen LogP contribution in [0.15, 0.2) is 82.7 Å². The standard InChI is InChI=1S/C29H34N6O5S/c1-34-16-14-24(15-17-34)40-29(37)33-27(30)22-7-5-6-20(18-22)19-35(2)28(36)32-23-12-10-21(11-13-23)25-8-3-4-9-26(25)41(31,38)39/h3-13,18,24H,14-17,19H2,1-2H3,(H,32,36)(H2,30,33,37)(H2,31,38,39). The Hall–Kier alpha value is -4.26. The van der Waals surface area contributed by atoms with Gasteiger partial charge in [-0.1, -0.05) is 48.5 Å². The van der Waals surface area contributed by atoms with Crippen molar-refractivity contribution in [3.05, 3.63) is 83.9 Å². The molecule has 3 aromatic carbocycles. The number of primary sulfonamides is 1. The van der Waals surface area contributed by atoms with Crippen molar-refractivity contribution in [3.63, 3.8) is 0 Å². The molecular weight excluding hydrogens is 544 g/mol. The van der Waals surface area contributed by atoms with Crippen LogP contribution in [0.3, 0.4) is 0 Å². The molecule has 216 valence electrons. The van der Waals surface area contributed by atoms with Gasteiger partial charge in [0, 0.05) is 43.5 Å². The zero-order chi connectivity index (χ0) is 29.6. The van der Waals surface area contributed by atoms with E-state index < -0.39 is 16.1 Å². The molecular formula is C29H34N6O5S. The number of nitrogens with one attached hydrogen (secondary N) is 1. The lowest BCUT2D eigenvalue weighted by atomic mass is 10.1. The number of ether oxygens (including phenoxy) is 1. The number of rotatable bonds is 7. The highest BCUT2D eigenvalue weighted by atomic mass is 32.2. The first-order chi connectivity index (χ1) is 19.5. The molecule has 1 fully saturated rings. The van der Waals surface area contributed by atoms with Crippen molar-refractivity contribution in [2.24, 2.45) is 15.9 Å². The second kappa shape index (κ2) is 12.9. The van der Waals surface area contributed by atoms with E-state index in [1.54, 1.807) is 67.7 Å². The molecule has 0 aliphatic carbocycles. The summed E-state index contributed by atoms with van der Waals surface area (Å²) in [5, 5.41) is 8.17. The number of sulfonamides is 1. The van der Waals surface area contributed by atoms with Gasteiger partial charge in [-0.25, -0.2) is 23.1 Å². The first-order valence-electron chi connectivity index (χ1n) is 13.1. The lowest BCUT2D eigenvalue weighted by Crippen LogP contribution is -2.35. The fraction of sp³-hybridized carbons (Fsp3) is 0.276. The highest BCUT2D eigenvalue weighted by Crippen LogP contribution is 2.27. The number of hydrogen-bond acceptors (Lipinski definition) is 6. The summed E-state index contributed by atoms with van der Waals surface area (Å²) < 4.78 is 29.3. The lowest BCUT2D eigenvalue weighted by Gasteiger charge is -2.27. The van der Waals surface area contributed by atoms with E-state index in [-0.39, 0.29) is 29.4 Å². The van der Waals surface area contributed by atoms with Gasteiger partial charge in [0.25, 0.3) is 0 Å². The summed E-state index contributed by atoms with van der Waals surface area (Å²) in [6.07, 6.45) is 0.650. The number of hydrogen-bond donors (Lipinski definition) is 3. The smallest absolute Gasteiger partial charge is 0.435 e. The van der Waals surface area contributed by atoms with Crippen LogP contribution in [0.1, 0.15) is 24.0 Å². The Labute approximate surface area is 239 Å². The Bertz CT molecular complexity index is 1530. The minimum absolute atomic E-state index is 0.0265. The van der Waals surface area contributed by atoms with Crippen LogP contribution in [0.5, 0.6) is 0 Å². The number of amidine groups is 1. The number of amides is 3. The predicted molar refractivity (Wildman–Crippen MR) is 158 cm³/mol. The fourth-order valence-corrected chi connectivity index (χ4v) is 5.28. The Morgan fingerprint density at radius 2 is 1.73 bits per heavy atom. The number of piperidine rings is 1. The summed E-state index contributed by atoms with van der Waals surface area (Å²) in [5.74, 6) is 0.0426. The van der Waals surface area contributed by atoms with E-state index in [0.29, 0.717) is 22.4 Å². The van der Waals surface area contributed by atoms with E-state index in [1.165, 1.54) is 11.0 Å². The van der Waals surface area contributed by atoms with Crippen molar-refractivity contribution in [2.45, 2.75) is 30.4 Å². The van der Waals surface area contributed by atoms with Gasteiger partial charge < -0.3 is 25.6 Å². The summed E-state index contributed by atoms with van der Waals surface area (Å²) in [7, 11) is -0.213. The average Bonchev–Trinajstić information content (AvgIpc) is 2.94. The maximum absolute atomic E-state index is 12.8. The average molecular weight is 579 g/mol. The Morgan fingerprint density at radius 3 is 2.41 bits per heavy atom. The lowest BCUT2D eigenvalue weighted by molar-refractivity contribution is 0.0636. The largest absolute Gasteiger partial charge is 0.444 e. The normalized spacial score (nSPS) is 14.9. The molecule has 1 saturated heterocycles. The molecule has 1 aliphatic heterocycles. The van der Waals surface area contributed by atoms with Crippen molar-refractivity contribution in [3.8, 4) is 11.1 Å². The van der Waals surface area contributed by atoms with Gasteiger partial charge >= 0.3 is 12.1 Å². The molecule has 4 rings (SSSR count). The molecule has 0 aromatic heterocycles. The molecule has 0 spiro atoms. The third-order valence-corrected chi connectivity index (χ3v) is 7.74. The summed E-state index contributed by atoms with van der Waals surface area (Å²) in [6, 6.07) is 20.0. The molecule has 0 atom stereocenters. The first kappa shape index (κ1) is 29.7. The van der Waals surface area contributed by atoms with Crippen LogP contribution in [0.4, 0.5) is 15.3 Å². The molecule has 0 unspecified atom stereocenters. The number of carbonyl (C=O) groups excluding carboxylic acids is 2. The van der Waals surface area contributed by atoms with Crippen LogP contribution in [0.2, 0.25) is 0 Å². The van der Waals surface area contributed by atoms with Gasteiger partial charge in [-0.3, -0.25) is 0 Å². The van der Waals surface area contributed by atoms with Gasteiger partial charge in [0.2, 0.25) is 10.0 Å². The Morgan fingerprint density at radius 1 is 1.05 bits per heavy atom. The van der Waals surface area contributed by atoms with Crippen molar-refractivity contribution in [1.82, 2.24) is 9.80 Å². The van der Waals surface area contributed by atoms with Gasteiger partial charge in [-0.05, 0) is 55.3 Å². The number of benzene rings is 3. The molecule has 1 heterocycles. The van der Waals surface area contributed by atoms with E-state index in [0.717, 1.165) is 31.5 Å². The Balaban J connectivity index is 1.35. The van der Waals surface area contributed by atoms with Crippen LogP contribution in [0, 0.1) is 0 Å². The molecule has 3 amide bonds. The summed E-state index contributed by atoms with van der Waals surface area (Å²) in [4.78, 5) is 32.7. The van der Waals surface area contributed by atoms with Crippen molar-refractivity contribution in [1.29, 1.82) is 0 Å². The van der Waals surface area contributed by atoms with E-state index in [4.69, 9.17) is 15.6 Å². The minimum atomic E-state index is -3.89. The molecule has 1 aliphatic rings. The van der Waals surface area contributed by atoms with Crippen LogP contribution in [-0.2, 0) is 21.3 Å². The highest BCUT2D eigenvalue weighted by Gasteiger charge is 2.20. The monoisotopic (exact) mass is 578 g/mol. The first-order valence-corrected chi connectivity index (χ1v) is 14.6. The molecule has 12 heteroatoms. The topological polar surface area (TPSA) is 160 Å².